The van der Waals surface area contributed by atoms with Crippen LogP contribution >= 0.6 is 11.9 Å². The molecule has 0 amide bonds. The van der Waals surface area contributed by atoms with E-state index >= 15 is 0 Å². The lowest BCUT2D eigenvalue weighted by Gasteiger charge is -2.29. The number of para-hydroxylation sites is 1. The van der Waals surface area contributed by atoms with Gasteiger partial charge in [0.25, 0.3) is 0 Å². The predicted octanol–water partition coefficient (Wildman–Crippen LogP) is 5.09. The van der Waals surface area contributed by atoms with Crippen molar-refractivity contribution in [2.24, 2.45) is 4.99 Å². The van der Waals surface area contributed by atoms with E-state index in [0.717, 1.165) is 39.4 Å². The van der Waals surface area contributed by atoms with Gasteiger partial charge >= 0.3 is 0 Å². The summed E-state index contributed by atoms with van der Waals surface area (Å²) in [5, 5.41) is 1.07. The summed E-state index contributed by atoms with van der Waals surface area (Å²) in [4.78, 5) is 4.77. The molecule has 0 saturated heterocycles. The molecule has 122 valence electrons. The molecule has 3 aromatic rings. The Morgan fingerprint density at radius 1 is 1.08 bits per heavy atom. The number of nitrogens with one attached hydrogen (secondary N) is 1. The van der Waals surface area contributed by atoms with Gasteiger partial charge in [0.2, 0.25) is 0 Å². The molecule has 24 heavy (non-hydrogen) atoms. The maximum Gasteiger partial charge on any atom is 0.195 e. The Bertz CT molecular complexity index is 910. The largest absolute Gasteiger partial charge is 0.466 e. The van der Waals surface area contributed by atoms with Crippen molar-refractivity contribution in [1.29, 1.82) is 0 Å². The molecule has 4 rings (SSSR count). The molecule has 1 aliphatic rings. The number of furan rings is 1. The van der Waals surface area contributed by atoms with Gasteiger partial charge in [-0.3, -0.25) is 0 Å². The number of benzene rings is 2. The molecule has 0 fully saturated rings. The smallest absolute Gasteiger partial charge is 0.195 e. The van der Waals surface area contributed by atoms with Crippen LogP contribution < -0.4 is 9.46 Å². The molecule has 2 aromatic carbocycles. The molecular weight excluding hydrogens is 320 g/mol. The van der Waals surface area contributed by atoms with Gasteiger partial charge in [-0.2, -0.15) is 0 Å². The summed E-state index contributed by atoms with van der Waals surface area (Å²) in [6.45, 7) is 3.90. The van der Waals surface area contributed by atoms with Crippen molar-refractivity contribution >= 4 is 34.3 Å². The van der Waals surface area contributed by atoms with Gasteiger partial charge in [0.15, 0.2) is 11.5 Å². The van der Waals surface area contributed by atoms with Crippen molar-refractivity contribution in [3.63, 3.8) is 0 Å². The van der Waals surface area contributed by atoms with Crippen molar-refractivity contribution in [2.45, 2.75) is 19.6 Å². The topological polar surface area (TPSA) is 46.8 Å². The van der Waals surface area contributed by atoms with Crippen LogP contribution in [-0.2, 0) is 0 Å². The lowest BCUT2D eigenvalue weighted by atomic mass is 10.0. The van der Waals surface area contributed by atoms with Crippen LogP contribution in [0.5, 0.6) is 5.75 Å². The van der Waals surface area contributed by atoms with E-state index in [9.17, 15) is 0 Å². The molecule has 0 radical (unpaired) electrons. The minimum atomic E-state index is -0.640. The second-order valence-electron chi connectivity index (χ2n) is 6.17. The monoisotopic (exact) mass is 338 g/mol. The van der Waals surface area contributed by atoms with E-state index in [1.54, 1.807) is 11.9 Å². The van der Waals surface area contributed by atoms with Crippen LogP contribution in [0.3, 0.4) is 0 Å². The minimum absolute atomic E-state index is 0.640. The molecule has 0 spiro atoms. The van der Waals surface area contributed by atoms with E-state index in [2.05, 4.69) is 4.72 Å². The molecule has 0 unspecified atom stereocenters. The van der Waals surface area contributed by atoms with Gasteiger partial charge in [-0.1, -0.05) is 30.1 Å². The molecule has 2 heterocycles. The van der Waals surface area contributed by atoms with Crippen LogP contribution in [0.2, 0.25) is 0 Å². The van der Waals surface area contributed by atoms with E-state index in [-0.39, 0.29) is 0 Å². The lowest BCUT2D eigenvalue weighted by Crippen LogP contribution is -2.32. The Labute approximate surface area is 145 Å². The van der Waals surface area contributed by atoms with Gasteiger partial charge < -0.3 is 13.9 Å². The first-order valence-corrected chi connectivity index (χ1v) is 8.99. The normalized spacial score (nSPS) is 15.5. The Kier molecular flexibility index (Phi) is 3.53. The molecule has 0 saturated carbocycles. The number of ether oxygens (including phenoxy) is 1. The van der Waals surface area contributed by atoms with E-state index in [0.29, 0.717) is 0 Å². The molecule has 4 nitrogen and oxygen atoms in total. The third-order valence-electron chi connectivity index (χ3n) is 3.86. The number of hydrogen-bond donors (Lipinski definition) is 1. The summed E-state index contributed by atoms with van der Waals surface area (Å²) in [7, 11) is 0. The summed E-state index contributed by atoms with van der Waals surface area (Å²) in [5.74, 6) is 1.57. The molecular formula is C19H18N2O2S. The van der Waals surface area contributed by atoms with E-state index in [4.69, 9.17) is 14.1 Å². The van der Waals surface area contributed by atoms with Crippen molar-refractivity contribution in [3.8, 4) is 5.75 Å². The maximum atomic E-state index is 6.05. The highest BCUT2D eigenvalue weighted by atomic mass is 32.2. The summed E-state index contributed by atoms with van der Waals surface area (Å²) in [6, 6.07) is 16.1. The van der Waals surface area contributed by atoms with Gasteiger partial charge in [0.1, 0.15) is 17.0 Å². The van der Waals surface area contributed by atoms with Crippen molar-refractivity contribution < 1.29 is 9.15 Å². The number of anilines is 1. The molecule has 1 aliphatic heterocycles. The number of fused-ring (bicyclic) bond motifs is 2. The van der Waals surface area contributed by atoms with E-state index in [1.165, 1.54) is 0 Å². The van der Waals surface area contributed by atoms with Crippen LogP contribution in [0.15, 0.2) is 57.9 Å². The molecule has 0 bridgehead atoms. The number of rotatable bonds is 3. The number of aliphatic imine (C=N–C) groups is 1. The number of hydrogen-bond acceptors (Lipinski definition) is 5. The SMILES string of the molecule is CSNc1ccc2c(c1)OC(C)(C)N=C2c1cc2ccccc2o1. The van der Waals surface area contributed by atoms with E-state index < -0.39 is 5.72 Å². The first-order valence-electron chi connectivity index (χ1n) is 7.77. The van der Waals surface area contributed by atoms with Gasteiger partial charge in [-0.15, -0.1) is 0 Å². The second kappa shape index (κ2) is 5.60. The molecule has 0 aliphatic carbocycles. The molecule has 1 aromatic heterocycles. The quantitative estimate of drug-likeness (QED) is 0.676. The van der Waals surface area contributed by atoms with Crippen LogP contribution in [0, 0.1) is 0 Å². The lowest BCUT2D eigenvalue weighted by molar-refractivity contribution is 0.115. The molecule has 5 heteroatoms. The maximum absolute atomic E-state index is 6.05. The second-order valence-corrected chi connectivity index (χ2v) is 6.79. The molecule has 0 atom stereocenters. The van der Waals surface area contributed by atoms with E-state index in [1.807, 2.05) is 68.6 Å². The third kappa shape index (κ3) is 2.65. The van der Waals surface area contributed by atoms with Gasteiger partial charge in [0.05, 0.1) is 0 Å². The Hall–Kier alpha value is -2.40. The Balaban J connectivity index is 1.86. The fourth-order valence-electron chi connectivity index (χ4n) is 2.89. The van der Waals surface area contributed by atoms with Gasteiger partial charge in [0, 0.05) is 29.0 Å². The third-order valence-corrected chi connectivity index (χ3v) is 4.30. The van der Waals surface area contributed by atoms with Gasteiger partial charge in [-0.05, 0) is 38.1 Å². The predicted molar refractivity (Wildman–Crippen MR) is 100 cm³/mol. The van der Waals surface area contributed by atoms with Gasteiger partial charge in [-0.25, -0.2) is 4.99 Å². The fraction of sp³-hybridized carbons (Fsp3) is 0.211. The van der Waals surface area contributed by atoms with Crippen LogP contribution in [0.4, 0.5) is 5.69 Å². The highest BCUT2D eigenvalue weighted by Gasteiger charge is 2.30. The zero-order valence-electron chi connectivity index (χ0n) is 13.8. The summed E-state index contributed by atoms with van der Waals surface area (Å²) in [5.41, 5.74) is 3.00. The average Bonchev–Trinajstić information content (AvgIpc) is 2.97. The first kappa shape index (κ1) is 15.1. The Morgan fingerprint density at radius 3 is 2.71 bits per heavy atom. The Morgan fingerprint density at radius 2 is 1.92 bits per heavy atom. The first-order chi connectivity index (χ1) is 11.6. The summed E-state index contributed by atoms with van der Waals surface area (Å²) in [6.07, 6.45) is 1.99. The fourth-order valence-corrected chi connectivity index (χ4v) is 3.25. The highest BCUT2D eigenvalue weighted by Crippen LogP contribution is 2.36. The van der Waals surface area contributed by atoms with Crippen LogP contribution in [-0.4, -0.2) is 17.7 Å². The van der Waals surface area contributed by atoms with Crippen LogP contribution in [0.25, 0.3) is 11.0 Å². The zero-order valence-corrected chi connectivity index (χ0v) is 14.6. The summed E-state index contributed by atoms with van der Waals surface area (Å²) >= 11 is 1.55. The highest BCUT2D eigenvalue weighted by molar-refractivity contribution is 7.99. The van der Waals surface area contributed by atoms with Crippen molar-refractivity contribution in [2.75, 3.05) is 11.0 Å². The minimum Gasteiger partial charge on any atom is -0.466 e. The number of nitrogens with zero attached hydrogens (tertiary/aromatic N) is 1. The van der Waals surface area contributed by atoms with Crippen LogP contribution in [0.1, 0.15) is 25.2 Å². The van der Waals surface area contributed by atoms with Crippen molar-refractivity contribution in [3.05, 3.63) is 59.9 Å². The summed E-state index contributed by atoms with van der Waals surface area (Å²) < 4.78 is 15.3. The average molecular weight is 338 g/mol. The standard InChI is InChI=1S/C19H18N2O2S/c1-19(2)20-18(17-10-12-6-4-5-7-15(12)22-17)14-9-8-13(21-24-3)11-16(14)23-19/h4-11,21H,1-3H3. The molecule has 1 N–H and O–H groups in total. The van der Waals surface area contributed by atoms with Crippen molar-refractivity contribution in [1.82, 2.24) is 0 Å². The zero-order chi connectivity index (χ0) is 16.7.